The van der Waals surface area contributed by atoms with Gasteiger partial charge in [-0.25, -0.2) is 0 Å². The van der Waals surface area contributed by atoms with Crippen molar-refractivity contribution in [3.05, 3.63) is 23.8 Å². The van der Waals surface area contributed by atoms with Gasteiger partial charge in [-0.1, -0.05) is 6.42 Å². The van der Waals surface area contributed by atoms with E-state index in [0.717, 1.165) is 50.9 Å². The molecule has 3 aliphatic rings. The number of hydrogen-bond donors (Lipinski definition) is 1. The van der Waals surface area contributed by atoms with Gasteiger partial charge in [-0.15, -0.1) is 0 Å². The van der Waals surface area contributed by atoms with Gasteiger partial charge in [0.2, 0.25) is 5.91 Å². The quantitative estimate of drug-likeness (QED) is 0.907. The van der Waals surface area contributed by atoms with Crippen LogP contribution >= 0.6 is 0 Å². The summed E-state index contributed by atoms with van der Waals surface area (Å²) in [5.41, 5.74) is 3.39. The van der Waals surface area contributed by atoms with Gasteiger partial charge in [-0.3, -0.25) is 9.59 Å². The molecule has 4 rings (SSSR count). The van der Waals surface area contributed by atoms with Crippen molar-refractivity contribution < 1.29 is 9.59 Å². The lowest BCUT2D eigenvalue weighted by molar-refractivity contribution is -0.136. The summed E-state index contributed by atoms with van der Waals surface area (Å²) in [5, 5.41) is 3.11. The minimum atomic E-state index is -0.00781. The number of nitrogens with zero attached hydrogens (tertiary/aromatic N) is 1. The van der Waals surface area contributed by atoms with E-state index in [2.05, 4.69) is 29.3 Å². The highest BCUT2D eigenvalue weighted by Gasteiger charge is 2.41. The van der Waals surface area contributed by atoms with Gasteiger partial charge in [-0.05, 0) is 69.2 Å². The smallest absolute Gasteiger partial charge is 0.227 e. The number of Topliss-reactive ketones (excluding diaryl/α,β-unsaturated/α-hetero) is 1. The zero-order valence-electron chi connectivity index (χ0n) is 15.1. The minimum absolute atomic E-state index is 0.00781. The van der Waals surface area contributed by atoms with Crippen LogP contribution in [0, 0.1) is 24.7 Å². The third-order valence-electron chi connectivity index (χ3n) is 6.33. The molecule has 1 saturated heterocycles. The molecular formula is C21H28N2O2. The monoisotopic (exact) mass is 340 g/mol. The summed E-state index contributed by atoms with van der Waals surface area (Å²) in [4.78, 5) is 27.4. The van der Waals surface area contributed by atoms with E-state index in [-0.39, 0.29) is 23.7 Å². The summed E-state index contributed by atoms with van der Waals surface area (Å²) in [6, 6.07) is 6.24. The first-order chi connectivity index (χ1) is 12.1. The fourth-order valence-electron chi connectivity index (χ4n) is 4.98. The van der Waals surface area contributed by atoms with E-state index < -0.39 is 0 Å². The van der Waals surface area contributed by atoms with Crippen LogP contribution in [0.3, 0.4) is 0 Å². The Balaban J connectivity index is 1.42. The molecule has 3 fully saturated rings. The van der Waals surface area contributed by atoms with Crippen LogP contribution in [0.2, 0.25) is 0 Å². The average molecular weight is 340 g/mol. The molecule has 4 nitrogen and oxygen atoms in total. The fourth-order valence-corrected chi connectivity index (χ4v) is 4.98. The summed E-state index contributed by atoms with van der Waals surface area (Å²) >= 11 is 0. The predicted octanol–water partition coefficient (Wildman–Crippen LogP) is 3.93. The van der Waals surface area contributed by atoms with Crippen molar-refractivity contribution in [1.29, 1.82) is 0 Å². The van der Waals surface area contributed by atoms with Crippen LogP contribution in [-0.4, -0.2) is 24.8 Å². The molecule has 0 radical (unpaired) electrons. The Bertz CT molecular complexity index is 662. The largest absolute Gasteiger partial charge is 0.371 e. The van der Waals surface area contributed by atoms with Crippen molar-refractivity contribution in [2.75, 3.05) is 23.3 Å². The molecule has 2 saturated carbocycles. The van der Waals surface area contributed by atoms with Crippen LogP contribution in [-0.2, 0) is 9.59 Å². The molecule has 2 atom stereocenters. The van der Waals surface area contributed by atoms with Crippen molar-refractivity contribution in [3.63, 3.8) is 0 Å². The predicted molar refractivity (Wildman–Crippen MR) is 99.8 cm³/mol. The molecule has 25 heavy (non-hydrogen) atoms. The Kier molecular flexibility index (Phi) is 4.53. The molecule has 1 N–H and O–H groups in total. The Morgan fingerprint density at radius 3 is 2.40 bits per heavy atom. The van der Waals surface area contributed by atoms with Gasteiger partial charge in [0, 0.05) is 42.2 Å². The third-order valence-corrected chi connectivity index (χ3v) is 6.33. The Morgan fingerprint density at radius 1 is 1.08 bits per heavy atom. The fraction of sp³-hybridized carbons (Fsp3) is 0.619. The van der Waals surface area contributed by atoms with Crippen molar-refractivity contribution in [2.45, 2.75) is 51.9 Å². The minimum Gasteiger partial charge on any atom is -0.371 e. The zero-order valence-corrected chi connectivity index (χ0v) is 15.1. The molecule has 1 aromatic carbocycles. The summed E-state index contributed by atoms with van der Waals surface area (Å²) < 4.78 is 0. The molecule has 1 aliphatic heterocycles. The molecule has 2 aliphatic carbocycles. The maximum atomic E-state index is 12.7. The van der Waals surface area contributed by atoms with Gasteiger partial charge in [-0.2, -0.15) is 0 Å². The summed E-state index contributed by atoms with van der Waals surface area (Å²) in [6.45, 7) is 4.38. The lowest BCUT2D eigenvalue weighted by Crippen LogP contribution is -2.40. The van der Waals surface area contributed by atoms with Gasteiger partial charge < -0.3 is 10.2 Å². The summed E-state index contributed by atoms with van der Waals surface area (Å²) in [5.74, 6) is 0.760. The van der Waals surface area contributed by atoms with Crippen LogP contribution in [0.25, 0.3) is 0 Å². The van der Waals surface area contributed by atoms with Crippen LogP contribution in [0.1, 0.15) is 50.5 Å². The van der Waals surface area contributed by atoms with Crippen LogP contribution in [0.15, 0.2) is 18.2 Å². The average Bonchev–Trinajstić information content (AvgIpc) is 3.08. The van der Waals surface area contributed by atoms with E-state index >= 15 is 0 Å². The SMILES string of the molecule is Cc1cc(NC(=O)C2CC3CCCC(C2)C3=O)ccc1N1CCCC1. The van der Waals surface area contributed by atoms with Crippen molar-refractivity contribution in [1.82, 2.24) is 0 Å². The lowest BCUT2D eigenvalue weighted by atomic mass is 9.67. The van der Waals surface area contributed by atoms with E-state index in [1.807, 2.05) is 6.07 Å². The Hall–Kier alpha value is -1.84. The first-order valence-corrected chi connectivity index (χ1v) is 9.82. The first kappa shape index (κ1) is 16.6. The van der Waals surface area contributed by atoms with Crippen LogP contribution < -0.4 is 10.2 Å². The second-order valence-corrected chi connectivity index (χ2v) is 8.08. The first-order valence-electron chi connectivity index (χ1n) is 9.82. The number of fused-ring (bicyclic) bond motifs is 2. The zero-order chi connectivity index (χ0) is 17.4. The van der Waals surface area contributed by atoms with E-state index in [4.69, 9.17) is 0 Å². The van der Waals surface area contributed by atoms with E-state index in [9.17, 15) is 9.59 Å². The Labute approximate surface area is 150 Å². The number of amides is 1. The van der Waals surface area contributed by atoms with Crippen molar-refractivity contribution >= 4 is 23.1 Å². The number of nitrogens with one attached hydrogen (secondary N) is 1. The molecule has 1 heterocycles. The maximum absolute atomic E-state index is 12.7. The van der Waals surface area contributed by atoms with Crippen molar-refractivity contribution in [3.8, 4) is 0 Å². The molecule has 2 bridgehead atoms. The highest BCUT2D eigenvalue weighted by molar-refractivity contribution is 5.95. The number of aryl methyl sites for hydroxylation is 1. The molecular weight excluding hydrogens is 312 g/mol. The normalized spacial score (nSPS) is 28.9. The molecule has 1 aromatic rings. The number of rotatable bonds is 3. The van der Waals surface area contributed by atoms with Gasteiger partial charge in [0.15, 0.2) is 0 Å². The number of ketones is 1. The van der Waals surface area contributed by atoms with Crippen LogP contribution in [0.5, 0.6) is 0 Å². The van der Waals surface area contributed by atoms with E-state index in [1.165, 1.54) is 24.1 Å². The molecule has 4 heteroatoms. The van der Waals surface area contributed by atoms with Gasteiger partial charge in [0.05, 0.1) is 0 Å². The standard InChI is InChI=1S/C21H28N2O2/c1-14-11-18(7-8-19(14)23-9-2-3-10-23)22-21(25)17-12-15-5-4-6-16(13-17)20(15)24/h7-8,11,15-17H,2-6,9-10,12-13H2,1H3,(H,22,25). The third kappa shape index (κ3) is 3.31. The molecule has 0 spiro atoms. The number of benzene rings is 1. The summed E-state index contributed by atoms with van der Waals surface area (Å²) in [7, 11) is 0. The number of hydrogen-bond acceptors (Lipinski definition) is 3. The Morgan fingerprint density at radius 2 is 1.76 bits per heavy atom. The topological polar surface area (TPSA) is 49.4 Å². The van der Waals surface area contributed by atoms with Crippen molar-refractivity contribution in [2.24, 2.45) is 17.8 Å². The second kappa shape index (κ2) is 6.81. The lowest BCUT2D eigenvalue weighted by Gasteiger charge is -2.37. The summed E-state index contributed by atoms with van der Waals surface area (Å²) in [6.07, 6.45) is 7.11. The highest BCUT2D eigenvalue weighted by atomic mass is 16.2. The number of anilines is 2. The van der Waals surface area contributed by atoms with Gasteiger partial charge in [0.25, 0.3) is 0 Å². The number of carbonyl (C=O) groups excluding carboxylic acids is 2. The maximum Gasteiger partial charge on any atom is 0.227 e. The van der Waals surface area contributed by atoms with E-state index in [1.54, 1.807) is 0 Å². The molecule has 1 amide bonds. The van der Waals surface area contributed by atoms with Gasteiger partial charge >= 0.3 is 0 Å². The molecule has 0 aromatic heterocycles. The van der Waals surface area contributed by atoms with Gasteiger partial charge in [0.1, 0.15) is 5.78 Å². The molecule has 2 unspecified atom stereocenters. The molecule has 134 valence electrons. The second-order valence-electron chi connectivity index (χ2n) is 8.08. The number of carbonyl (C=O) groups is 2. The highest BCUT2D eigenvalue weighted by Crippen LogP contribution is 2.40. The van der Waals surface area contributed by atoms with E-state index in [0.29, 0.717) is 5.78 Å². The van der Waals surface area contributed by atoms with Crippen LogP contribution in [0.4, 0.5) is 11.4 Å².